The molecule has 0 atom stereocenters. The number of nitrogens with two attached hydrogens (primary N) is 1. The summed E-state index contributed by atoms with van der Waals surface area (Å²) >= 11 is 0. The molecule has 4 N–H and O–H groups in total. The largest absolute Gasteiger partial charge is 0.478 e. The summed E-state index contributed by atoms with van der Waals surface area (Å²) in [5, 5.41) is 12.0. The van der Waals surface area contributed by atoms with Crippen LogP contribution in [0.25, 0.3) is 0 Å². The maximum Gasteiger partial charge on any atom is 0.339 e. The Morgan fingerprint density at radius 1 is 1.59 bits per heavy atom. The molecule has 0 aliphatic heterocycles. The lowest BCUT2D eigenvalue weighted by atomic mass is 10.2. The first-order valence-corrected chi connectivity index (χ1v) is 5.38. The van der Waals surface area contributed by atoms with Crippen molar-refractivity contribution in [3.8, 4) is 0 Å². The minimum absolute atomic E-state index is 0.106. The number of carbonyl (C=O) groups is 1. The quantitative estimate of drug-likeness (QED) is 0.633. The number of nitrogens with zero attached hydrogens (tertiary/aromatic N) is 2. The Balaban J connectivity index is 2.61. The molecule has 17 heavy (non-hydrogen) atoms. The van der Waals surface area contributed by atoms with Gasteiger partial charge in [0.2, 0.25) is 0 Å². The average molecular weight is 238 g/mol. The average Bonchev–Trinajstić information content (AvgIpc) is 2.25. The number of aromatic carboxylic acids is 1. The standard InChI is InChI=1S/C11H18N4O2/c1-15(2)5-3-4-13-10-9(11(16)17)6-8(12)7-14-10/h6-7H,3-5,12H2,1-2H3,(H,13,14)(H,16,17). The molecule has 1 aromatic rings. The van der Waals surface area contributed by atoms with Crippen LogP contribution in [-0.2, 0) is 0 Å². The third-order valence-corrected chi connectivity index (χ3v) is 2.21. The number of rotatable bonds is 6. The lowest BCUT2D eigenvalue weighted by Crippen LogP contribution is -2.17. The van der Waals surface area contributed by atoms with Gasteiger partial charge in [0, 0.05) is 6.54 Å². The van der Waals surface area contributed by atoms with Crippen LogP contribution in [0.5, 0.6) is 0 Å². The molecule has 0 aromatic carbocycles. The predicted octanol–water partition coefficient (Wildman–Crippen LogP) is 0.726. The maximum atomic E-state index is 11.0. The van der Waals surface area contributed by atoms with Crippen LogP contribution < -0.4 is 11.1 Å². The molecule has 0 bridgehead atoms. The van der Waals surface area contributed by atoms with E-state index >= 15 is 0 Å². The van der Waals surface area contributed by atoms with E-state index in [1.54, 1.807) is 0 Å². The van der Waals surface area contributed by atoms with Crippen molar-refractivity contribution in [1.29, 1.82) is 0 Å². The number of hydrogen-bond donors (Lipinski definition) is 3. The van der Waals surface area contributed by atoms with Gasteiger partial charge < -0.3 is 21.1 Å². The summed E-state index contributed by atoms with van der Waals surface area (Å²) in [7, 11) is 3.98. The van der Waals surface area contributed by atoms with Crippen molar-refractivity contribution in [3.63, 3.8) is 0 Å². The summed E-state index contributed by atoms with van der Waals surface area (Å²) in [6.07, 6.45) is 2.36. The fraction of sp³-hybridized carbons (Fsp3) is 0.455. The Morgan fingerprint density at radius 2 is 2.29 bits per heavy atom. The molecule has 0 amide bonds. The van der Waals surface area contributed by atoms with Gasteiger partial charge in [0.1, 0.15) is 11.4 Å². The summed E-state index contributed by atoms with van der Waals surface area (Å²) in [5.41, 5.74) is 5.95. The Morgan fingerprint density at radius 3 is 2.88 bits per heavy atom. The van der Waals surface area contributed by atoms with Gasteiger partial charge in [0.25, 0.3) is 0 Å². The monoisotopic (exact) mass is 238 g/mol. The first-order valence-electron chi connectivity index (χ1n) is 5.38. The number of carboxylic acids is 1. The van der Waals surface area contributed by atoms with Crippen molar-refractivity contribution in [1.82, 2.24) is 9.88 Å². The van der Waals surface area contributed by atoms with Crippen LogP contribution in [0.15, 0.2) is 12.3 Å². The van der Waals surface area contributed by atoms with E-state index in [1.165, 1.54) is 12.3 Å². The van der Waals surface area contributed by atoms with Crippen LogP contribution in [0.1, 0.15) is 16.8 Å². The fourth-order valence-corrected chi connectivity index (χ4v) is 1.39. The van der Waals surface area contributed by atoms with Crippen LogP contribution in [0, 0.1) is 0 Å². The van der Waals surface area contributed by atoms with Crippen LogP contribution in [0.3, 0.4) is 0 Å². The molecular weight excluding hydrogens is 220 g/mol. The number of hydrogen-bond acceptors (Lipinski definition) is 5. The van der Waals surface area contributed by atoms with Crippen LogP contribution in [-0.4, -0.2) is 48.1 Å². The number of aromatic nitrogens is 1. The minimum atomic E-state index is -1.03. The number of pyridine rings is 1. The first kappa shape index (κ1) is 13.2. The molecule has 1 rings (SSSR count). The minimum Gasteiger partial charge on any atom is -0.478 e. The molecule has 6 heteroatoms. The SMILES string of the molecule is CN(C)CCCNc1ncc(N)cc1C(=O)O. The third kappa shape index (κ3) is 4.28. The van der Waals surface area contributed by atoms with E-state index in [4.69, 9.17) is 10.8 Å². The highest BCUT2D eigenvalue weighted by Gasteiger charge is 2.11. The van der Waals surface area contributed by atoms with E-state index in [0.717, 1.165) is 13.0 Å². The summed E-state index contributed by atoms with van der Waals surface area (Å²) in [5.74, 6) is -0.662. The van der Waals surface area contributed by atoms with Crippen LogP contribution in [0.4, 0.5) is 11.5 Å². The van der Waals surface area contributed by atoms with Crippen molar-refractivity contribution in [2.75, 3.05) is 38.2 Å². The third-order valence-electron chi connectivity index (χ3n) is 2.21. The van der Waals surface area contributed by atoms with Gasteiger partial charge in [-0.15, -0.1) is 0 Å². The van der Waals surface area contributed by atoms with Crippen molar-refractivity contribution in [2.24, 2.45) is 0 Å². The van der Waals surface area contributed by atoms with Gasteiger partial charge in [0.05, 0.1) is 11.9 Å². The van der Waals surface area contributed by atoms with Crippen molar-refractivity contribution in [3.05, 3.63) is 17.8 Å². The Labute approximate surface area is 100 Å². The molecule has 0 aliphatic rings. The molecule has 0 fully saturated rings. The van der Waals surface area contributed by atoms with Gasteiger partial charge in [-0.1, -0.05) is 0 Å². The molecule has 0 unspecified atom stereocenters. The Kier molecular flexibility index (Phi) is 4.71. The smallest absolute Gasteiger partial charge is 0.339 e. The number of anilines is 2. The highest BCUT2D eigenvalue weighted by atomic mass is 16.4. The summed E-state index contributed by atoms with van der Waals surface area (Å²) in [4.78, 5) is 17.0. The zero-order valence-corrected chi connectivity index (χ0v) is 10.1. The second-order valence-electron chi connectivity index (χ2n) is 4.05. The van der Waals surface area contributed by atoms with Crippen LogP contribution in [0.2, 0.25) is 0 Å². The van der Waals surface area contributed by atoms with E-state index in [1.807, 2.05) is 14.1 Å². The molecular formula is C11H18N4O2. The molecule has 1 aromatic heterocycles. The molecule has 0 spiro atoms. The molecule has 0 saturated heterocycles. The van der Waals surface area contributed by atoms with Gasteiger partial charge >= 0.3 is 5.97 Å². The Hall–Kier alpha value is -1.82. The van der Waals surface area contributed by atoms with Gasteiger partial charge in [-0.3, -0.25) is 0 Å². The summed E-state index contributed by atoms with van der Waals surface area (Å²) in [6.45, 7) is 1.61. The highest BCUT2D eigenvalue weighted by molar-refractivity contribution is 5.94. The van der Waals surface area contributed by atoms with Crippen molar-refractivity contribution in [2.45, 2.75) is 6.42 Å². The Bertz CT molecular complexity index is 393. The lowest BCUT2D eigenvalue weighted by Gasteiger charge is -2.11. The molecule has 1 heterocycles. The lowest BCUT2D eigenvalue weighted by molar-refractivity contribution is 0.0697. The fourth-order valence-electron chi connectivity index (χ4n) is 1.39. The van der Waals surface area contributed by atoms with Gasteiger partial charge in [-0.25, -0.2) is 9.78 Å². The highest BCUT2D eigenvalue weighted by Crippen LogP contribution is 2.15. The zero-order chi connectivity index (χ0) is 12.8. The van der Waals surface area contributed by atoms with Crippen molar-refractivity contribution >= 4 is 17.5 Å². The topological polar surface area (TPSA) is 91.5 Å². The first-order chi connectivity index (χ1) is 8.00. The second-order valence-corrected chi connectivity index (χ2v) is 4.05. The summed E-state index contributed by atoms with van der Waals surface area (Å²) < 4.78 is 0. The normalized spacial score (nSPS) is 10.5. The van der Waals surface area contributed by atoms with E-state index in [9.17, 15) is 4.79 Å². The number of carboxylic acid groups (broad SMARTS) is 1. The van der Waals surface area contributed by atoms with Gasteiger partial charge in [-0.2, -0.15) is 0 Å². The van der Waals surface area contributed by atoms with E-state index in [2.05, 4.69) is 15.2 Å². The second kappa shape index (κ2) is 6.05. The predicted molar refractivity (Wildman–Crippen MR) is 67.3 cm³/mol. The summed E-state index contributed by atoms with van der Waals surface area (Å²) in [6, 6.07) is 1.41. The molecule has 0 saturated carbocycles. The molecule has 0 radical (unpaired) electrons. The molecule has 0 aliphatic carbocycles. The zero-order valence-electron chi connectivity index (χ0n) is 10.1. The van der Waals surface area contributed by atoms with E-state index in [-0.39, 0.29) is 5.56 Å². The molecule has 6 nitrogen and oxygen atoms in total. The van der Waals surface area contributed by atoms with Crippen molar-refractivity contribution < 1.29 is 9.90 Å². The van der Waals surface area contributed by atoms with E-state index in [0.29, 0.717) is 18.1 Å². The van der Waals surface area contributed by atoms with Gasteiger partial charge in [-0.05, 0) is 33.1 Å². The number of nitrogens with one attached hydrogen (secondary N) is 1. The maximum absolute atomic E-state index is 11.0. The molecule has 94 valence electrons. The van der Waals surface area contributed by atoms with E-state index < -0.39 is 5.97 Å². The number of nitrogen functional groups attached to an aromatic ring is 1. The van der Waals surface area contributed by atoms with Gasteiger partial charge in [0.15, 0.2) is 0 Å². The van der Waals surface area contributed by atoms with Crippen LogP contribution >= 0.6 is 0 Å².